The number of hydrogen-bond donors (Lipinski definition) is 0. The van der Waals surface area contributed by atoms with E-state index in [1.807, 2.05) is 59.2 Å². The molecule has 0 unspecified atom stereocenters. The van der Waals surface area contributed by atoms with E-state index in [9.17, 15) is 9.59 Å². The van der Waals surface area contributed by atoms with Gasteiger partial charge in [-0.05, 0) is 84.8 Å². The van der Waals surface area contributed by atoms with E-state index in [1.165, 1.54) is 17.6 Å². The predicted molar refractivity (Wildman–Crippen MR) is 148 cm³/mol. The number of aromatic nitrogens is 1. The van der Waals surface area contributed by atoms with E-state index in [-0.39, 0.29) is 18.4 Å². The number of carbonyl (C=O) groups excluding carboxylic acids is 2. The van der Waals surface area contributed by atoms with E-state index in [0.29, 0.717) is 30.6 Å². The van der Waals surface area contributed by atoms with Crippen molar-refractivity contribution in [2.75, 3.05) is 44.2 Å². The van der Waals surface area contributed by atoms with E-state index in [4.69, 9.17) is 16.3 Å². The van der Waals surface area contributed by atoms with Crippen LogP contribution in [0.5, 0.6) is 0 Å². The van der Waals surface area contributed by atoms with Gasteiger partial charge < -0.3 is 14.5 Å². The lowest BCUT2D eigenvalue weighted by Crippen LogP contribution is -2.59. The largest absolute Gasteiger partial charge is 0.464 e. The van der Waals surface area contributed by atoms with Gasteiger partial charge in [-0.25, -0.2) is 9.10 Å². The molecule has 9 heteroatoms. The second-order valence-electron chi connectivity index (χ2n) is 9.52. The molecule has 0 saturated carbocycles. The molecular weight excluding hydrogens is 508 g/mol. The third-order valence-electron chi connectivity index (χ3n) is 7.05. The highest BCUT2D eigenvalue weighted by atomic mass is 35.5. The summed E-state index contributed by atoms with van der Waals surface area (Å²) in [7, 11) is 0. The quantitative estimate of drug-likeness (QED) is 0.313. The van der Waals surface area contributed by atoms with Gasteiger partial charge in [-0.2, -0.15) is 0 Å². The van der Waals surface area contributed by atoms with Crippen LogP contribution in [0.2, 0.25) is 5.02 Å². The lowest BCUT2D eigenvalue weighted by atomic mass is 9.94. The van der Waals surface area contributed by atoms with Crippen molar-refractivity contribution >= 4 is 51.9 Å². The average molecular weight is 539 g/mol. The van der Waals surface area contributed by atoms with Gasteiger partial charge in [-0.15, -0.1) is 0 Å². The van der Waals surface area contributed by atoms with Gasteiger partial charge in [0.2, 0.25) is 5.91 Å². The number of rotatable bonds is 7. The molecule has 0 radical (unpaired) electrons. The van der Waals surface area contributed by atoms with Crippen molar-refractivity contribution in [3.05, 3.63) is 65.9 Å². The molecule has 3 aromatic rings. The standard InChI is InChI=1S/C28H31ClN4O3S/c1-2-36-28(35)26-18-32(37-25-6-4-21-15-23(29)5-3-22(21)16-25)19-27(34)33(26)17-20-9-13-31(14-10-20)24-7-11-30-12-8-24/h3-8,11-12,15-16,20,26H,2,9-10,13-14,17-19H2,1H3/t26-/m1/s1. The van der Waals surface area contributed by atoms with E-state index in [1.54, 1.807) is 11.8 Å². The number of carbonyl (C=O) groups is 2. The Morgan fingerprint density at radius 1 is 1.08 bits per heavy atom. The first-order valence-electron chi connectivity index (χ1n) is 12.7. The van der Waals surface area contributed by atoms with Crippen LogP contribution in [0.25, 0.3) is 10.8 Å². The lowest BCUT2D eigenvalue weighted by Gasteiger charge is -2.42. The van der Waals surface area contributed by atoms with Gasteiger partial charge in [-0.1, -0.05) is 23.7 Å². The zero-order valence-corrected chi connectivity index (χ0v) is 22.5. The van der Waals surface area contributed by atoms with Crippen LogP contribution in [-0.2, 0) is 14.3 Å². The summed E-state index contributed by atoms with van der Waals surface area (Å²) in [4.78, 5) is 35.6. The average Bonchev–Trinajstić information content (AvgIpc) is 2.91. The fourth-order valence-electron chi connectivity index (χ4n) is 5.12. The zero-order valence-electron chi connectivity index (χ0n) is 20.9. The van der Waals surface area contributed by atoms with E-state index in [2.05, 4.69) is 16.0 Å². The number of anilines is 1. The minimum atomic E-state index is -0.605. The Morgan fingerprint density at radius 3 is 2.57 bits per heavy atom. The number of piperidine rings is 1. The van der Waals surface area contributed by atoms with Gasteiger partial charge in [0.25, 0.3) is 0 Å². The topological polar surface area (TPSA) is 66.0 Å². The molecule has 7 nitrogen and oxygen atoms in total. The maximum atomic E-state index is 13.4. The van der Waals surface area contributed by atoms with Crippen molar-refractivity contribution in [2.45, 2.75) is 30.7 Å². The fraction of sp³-hybridized carbons (Fsp3) is 0.393. The van der Waals surface area contributed by atoms with Gasteiger partial charge in [-0.3, -0.25) is 9.78 Å². The normalized spacial score (nSPS) is 19.4. The molecule has 37 heavy (non-hydrogen) atoms. The molecule has 5 rings (SSSR count). The summed E-state index contributed by atoms with van der Waals surface area (Å²) in [6.07, 6.45) is 5.58. The molecule has 2 fully saturated rings. The van der Waals surface area contributed by atoms with Gasteiger partial charge in [0.15, 0.2) is 0 Å². The molecule has 2 aromatic carbocycles. The Bertz CT molecular complexity index is 1250. The summed E-state index contributed by atoms with van der Waals surface area (Å²) in [5.41, 5.74) is 1.18. The summed E-state index contributed by atoms with van der Waals surface area (Å²) in [5.74, 6) is -0.00468. The molecule has 1 aromatic heterocycles. The van der Waals surface area contributed by atoms with Gasteiger partial charge in [0.05, 0.1) is 13.2 Å². The molecule has 2 aliphatic rings. The fourth-order valence-corrected chi connectivity index (χ4v) is 6.30. The van der Waals surface area contributed by atoms with Crippen LogP contribution in [0.3, 0.4) is 0 Å². The third kappa shape index (κ3) is 6.20. The highest BCUT2D eigenvalue weighted by Gasteiger charge is 2.39. The Hall–Kier alpha value is -2.81. The number of hydrogen-bond acceptors (Lipinski definition) is 7. The first-order valence-corrected chi connectivity index (χ1v) is 13.9. The maximum Gasteiger partial charge on any atom is 0.330 e. The predicted octanol–water partition coefficient (Wildman–Crippen LogP) is 4.89. The van der Waals surface area contributed by atoms with Crippen LogP contribution >= 0.6 is 23.5 Å². The molecular formula is C28H31ClN4O3S. The molecule has 2 saturated heterocycles. The molecule has 2 aliphatic heterocycles. The Morgan fingerprint density at radius 2 is 1.81 bits per heavy atom. The number of esters is 1. The summed E-state index contributed by atoms with van der Waals surface area (Å²) in [5, 5.41) is 2.85. The highest BCUT2D eigenvalue weighted by Crippen LogP contribution is 2.31. The summed E-state index contributed by atoms with van der Waals surface area (Å²) in [6.45, 7) is 5.23. The molecule has 194 valence electrons. The van der Waals surface area contributed by atoms with Crippen molar-refractivity contribution in [2.24, 2.45) is 5.92 Å². The van der Waals surface area contributed by atoms with Crippen LogP contribution in [-0.4, -0.2) is 71.4 Å². The Labute approximate surface area is 226 Å². The highest BCUT2D eigenvalue weighted by molar-refractivity contribution is 7.97. The first kappa shape index (κ1) is 25.8. The number of piperazine rings is 1. The van der Waals surface area contributed by atoms with E-state index >= 15 is 0 Å². The second kappa shape index (κ2) is 11.7. The summed E-state index contributed by atoms with van der Waals surface area (Å²) < 4.78 is 7.37. The van der Waals surface area contributed by atoms with Crippen molar-refractivity contribution in [3.63, 3.8) is 0 Å². The number of pyridine rings is 1. The van der Waals surface area contributed by atoms with Crippen LogP contribution < -0.4 is 4.90 Å². The molecule has 0 bridgehead atoms. The van der Waals surface area contributed by atoms with Crippen molar-refractivity contribution in [1.29, 1.82) is 0 Å². The Balaban J connectivity index is 1.25. The van der Waals surface area contributed by atoms with Crippen LogP contribution in [0, 0.1) is 5.92 Å². The van der Waals surface area contributed by atoms with Crippen molar-refractivity contribution in [3.8, 4) is 0 Å². The van der Waals surface area contributed by atoms with Crippen molar-refractivity contribution < 1.29 is 14.3 Å². The summed E-state index contributed by atoms with van der Waals surface area (Å²) >= 11 is 7.62. The van der Waals surface area contributed by atoms with Crippen molar-refractivity contribution in [1.82, 2.24) is 14.2 Å². The lowest BCUT2D eigenvalue weighted by molar-refractivity contribution is -0.158. The summed E-state index contributed by atoms with van der Waals surface area (Å²) in [6, 6.07) is 15.4. The van der Waals surface area contributed by atoms with E-state index in [0.717, 1.165) is 41.6 Å². The molecule has 1 atom stereocenters. The number of amides is 1. The molecule has 0 spiro atoms. The number of halogens is 1. The van der Waals surface area contributed by atoms with Gasteiger partial charge in [0, 0.05) is 54.2 Å². The third-order valence-corrected chi connectivity index (χ3v) is 8.29. The molecule has 0 N–H and O–H groups in total. The smallest absolute Gasteiger partial charge is 0.330 e. The zero-order chi connectivity index (χ0) is 25.8. The second-order valence-corrected chi connectivity index (χ2v) is 11.1. The Kier molecular flexibility index (Phi) is 8.17. The molecule has 1 amide bonds. The molecule has 3 heterocycles. The number of ether oxygens (including phenoxy) is 1. The maximum absolute atomic E-state index is 13.4. The minimum absolute atomic E-state index is 0.0269. The van der Waals surface area contributed by atoms with E-state index < -0.39 is 6.04 Å². The van der Waals surface area contributed by atoms with Crippen LogP contribution in [0.4, 0.5) is 5.69 Å². The van der Waals surface area contributed by atoms with Gasteiger partial charge >= 0.3 is 5.97 Å². The van der Waals surface area contributed by atoms with Crippen LogP contribution in [0.1, 0.15) is 19.8 Å². The van der Waals surface area contributed by atoms with Crippen LogP contribution in [0.15, 0.2) is 65.8 Å². The molecule has 0 aliphatic carbocycles. The van der Waals surface area contributed by atoms with Gasteiger partial charge in [0.1, 0.15) is 6.04 Å². The SMILES string of the molecule is CCOC(=O)[C@H]1CN(Sc2ccc3cc(Cl)ccc3c2)CC(=O)N1CC1CCN(c2ccncc2)CC1. The number of nitrogens with zero attached hydrogens (tertiary/aromatic N) is 4. The number of benzene rings is 2. The number of fused-ring (bicyclic) bond motifs is 1. The minimum Gasteiger partial charge on any atom is -0.464 e. The monoisotopic (exact) mass is 538 g/mol. The first-order chi connectivity index (χ1) is 18.0.